The van der Waals surface area contributed by atoms with Crippen LogP contribution in [0.15, 0.2) is 24.3 Å². The van der Waals surface area contributed by atoms with E-state index in [9.17, 15) is 4.79 Å². The number of aliphatic hydroxyl groups is 1. The van der Waals surface area contributed by atoms with Crippen molar-refractivity contribution in [1.29, 1.82) is 0 Å². The van der Waals surface area contributed by atoms with Crippen LogP contribution in [0.1, 0.15) is 31.7 Å². The molecule has 0 aliphatic heterocycles. The fourth-order valence-corrected chi connectivity index (χ4v) is 2.48. The quantitative estimate of drug-likeness (QED) is 0.801. The Morgan fingerprint density at radius 2 is 2.05 bits per heavy atom. The van der Waals surface area contributed by atoms with Crippen LogP contribution in [0.2, 0.25) is 0 Å². The summed E-state index contributed by atoms with van der Waals surface area (Å²) in [6, 6.07) is 8.42. The molecule has 1 amide bonds. The van der Waals surface area contributed by atoms with Gasteiger partial charge < -0.3 is 10.4 Å². The topological polar surface area (TPSA) is 52.6 Å². The molecule has 1 saturated carbocycles. The van der Waals surface area contributed by atoms with Crippen LogP contribution in [-0.4, -0.2) is 41.7 Å². The average Bonchev–Trinajstić information content (AvgIpc) is 2.37. The van der Waals surface area contributed by atoms with Crippen molar-refractivity contribution >= 4 is 11.6 Å². The number of nitrogens with zero attached hydrogens (tertiary/aromatic N) is 1. The van der Waals surface area contributed by atoms with Gasteiger partial charge in [0.05, 0.1) is 13.2 Å². The molecule has 1 aromatic carbocycles. The molecule has 0 aromatic heterocycles. The molecule has 0 radical (unpaired) electrons. The van der Waals surface area contributed by atoms with Crippen LogP contribution >= 0.6 is 0 Å². The molecule has 1 fully saturated rings. The maximum absolute atomic E-state index is 12.1. The van der Waals surface area contributed by atoms with Crippen LogP contribution in [0, 0.1) is 0 Å². The monoisotopic (exact) mass is 276 g/mol. The van der Waals surface area contributed by atoms with Crippen LogP contribution in [0.5, 0.6) is 0 Å². The molecule has 0 atom stereocenters. The highest BCUT2D eigenvalue weighted by atomic mass is 16.3. The fraction of sp³-hybridized carbons (Fsp3) is 0.562. The maximum Gasteiger partial charge on any atom is 0.238 e. The molecule has 1 aliphatic rings. The molecule has 0 heterocycles. The van der Waals surface area contributed by atoms with Gasteiger partial charge in [-0.15, -0.1) is 0 Å². The zero-order chi connectivity index (χ0) is 14.4. The maximum atomic E-state index is 12.1. The highest BCUT2D eigenvalue weighted by Crippen LogP contribution is 2.24. The average molecular weight is 276 g/mol. The summed E-state index contributed by atoms with van der Waals surface area (Å²) >= 11 is 0. The highest BCUT2D eigenvalue weighted by molar-refractivity contribution is 5.92. The minimum atomic E-state index is -0.00500. The summed E-state index contributed by atoms with van der Waals surface area (Å²) in [6.07, 6.45) is 4.50. The largest absolute Gasteiger partial charge is 0.395 e. The number of carbonyl (C=O) groups excluding carboxylic acids is 1. The summed E-state index contributed by atoms with van der Waals surface area (Å²) in [6.45, 7) is 3.15. The minimum absolute atomic E-state index is 0.00500. The van der Waals surface area contributed by atoms with E-state index in [1.807, 2.05) is 24.3 Å². The first-order chi connectivity index (χ1) is 9.72. The molecule has 1 aliphatic carbocycles. The third-order valence-electron chi connectivity index (χ3n) is 3.97. The van der Waals surface area contributed by atoms with Gasteiger partial charge in [0.1, 0.15) is 0 Å². The second-order valence-corrected chi connectivity index (χ2v) is 5.38. The lowest BCUT2D eigenvalue weighted by molar-refractivity contribution is -0.118. The molecule has 4 nitrogen and oxygen atoms in total. The van der Waals surface area contributed by atoms with E-state index in [2.05, 4.69) is 17.1 Å². The number of hydrogen-bond acceptors (Lipinski definition) is 3. The van der Waals surface area contributed by atoms with Crippen molar-refractivity contribution in [2.24, 2.45) is 0 Å². The predicted octanol–water partition coefficient (Wildman–Crippen LogP) is 2.03. The number of anilines is 1. The molecule has 2 N–H and O–H groups in total. The summed E-state index contributed by atoms with van der Waals surface area (Å²) < 4.78 is 0. The Bertz CT molecular complexity index is 427. The number of carbonyl (C=O) groups is 1. The number of aliphatic hydroxyl groups excluding tert-OH is 1. The van der Waals surface area contributed by atoms with Gasteiger partial charge >= 0.3 is 0 Å². The van der Waals surface area contributed by atoms with Crippen molar-refractivity contribution in [2.75, 3.05) is 25.0 Å². The molecule has 1 aromatic rings. The zero-order valence-electron chi connectivity index (χ0n) is 12.1. The van der Waals surface area contributed by atoms with Gasteiger partial charge in [-0.1, -0.05) is 25.5 Å². The number of rotatable bonds is 7. The Hall–Kier alpha value is -1.39. The van der Waals surface area contributed by atoms with Gasteiger partial charge in [0, 0.05) is 18.3 Å². The van der Waals surface area contributed by atoms with Gasteiger partial charge in [-0.05, 0) is 37.0 Å². The number of nitrogens with one attached hydrogen (secondary N) is 1. The van der Waals surface area contributed by atoms with Crippen LogP contribution in [-0.2, 0) is 11.2 Å². The first-order valence-electron chi connectivity index (χ1n) is 7.46. The van der Waals surface area contributed by atoms with Crippen LogP contribution in [0.25, 0.3) is 0 Å². The van der Waals surface area contributed by atoms with E-state index >= 15 is 0 Å². The van der Waals surface area contributed by atoms with Crippen molar-refractivity contribution < 1.29 is 9.90 Å². The van der Waals surface area contributed by atoms with E-state index in [4.69, 9.17) is 5.11 Å². The van der Waals surface area contributed by atoms with Crippen LogP contribution < -0.4 is 5.32 Å². The third-order valence-corrected chi connectivity index (χ3v) is 3.97. The Morgan fingerprint density at radius 3 is 2.55 bits per heavy atom. The first-order valence-corrected chi connectivity index (χ1v) is 7.46. The van der Waals surface area contributed by atoms with Crippen molar-refractivity contribution in [3.63, 3.8) is 0 Å². The lowest BCUT2D eigenvalue weighted by Gasteiger charge is -2.36. The number of benzene rings is 1. The molecule has 2 rings (SSSR count). The molecule has 0 spiro atoms. The van der Waals surface area contributed by atoms with Gasteiger partial charge in [0.25, 0.3) is 0 Å². The summed E-state index contributed by atoms with van der Waals surface area (Å²) in [7, 11) is 0. The van der Waals surface area contributed by atoms with Crippen molar-refractivity contribution in [2.45, 2.75) is 38.6 Å². The minimum Gasteiger partial charge on any atom is -0.395 e. The van der Waals surface area contributed by atoms with E-state index in [1.165, 1.54) is 12.0 Å². The molecular formula is C16H24N2O2. The molecular weight excluding hydrogens is 252 g/mol. The van der Waals surface area contributed by atoms with Crippen LogP contribution in [0.4, 0.5) is 5.69 Å². The molecule has 20 heavy (non-hydrogen) atoms. The molecule has 0 unspecified atom stereocenters. The summed E-state index contributed by atoms with van der Waals surface area (Å²) in [4.78, 5) is 14.1. The normalized spacial score (nSPS) is 15.2. The number of amides is 1. The second kappa shape index (κ2) is 7.41. The summed E-state index contributed by atoms with van der Waals surface area (Å²) in [5.41, 5.74) is 2.10. The smallest absolute Gasteiger partial charge is 0.238 e. The third kappa shape index (κ3) is 4.05. The highest BCUT2D eigenvalue weighted by Gasteiger charge is 2.25. The lowest BCUT2D eigenvalue weighted by Crippen LogP contribution is -2.45. The van der Waals surface area contributed by atoms with Crippen molar-refractivity contribution in [3.8, 4) is 0 Å². The first kappa shape index (κ1) is 15.0. The van der Waals surface area contributed by atoms with E-state index in [1.54, 1.807) is 0 Å². The van der Waals surface area contributed by atoms with Crippen molar-refractivity contribution in [3.05, 3.63) is 29.8 Å². The number of hydrogen-bond donors (Lipinski definition) is 2. The van der Waals surface area contributed by atoms with Gasteiger partial charge in [-0.25, -0.2) is 0 Å². The predicted molar refractivity (Wildman–Crippen MR) is 80.7 cm³/mol. The Balaban J connectivity index is 1.86. The van der Waals surface area contributed by atoms with E-state index in [-0.39, 0.29) is 12.5 Å². The standard InChI is InChI=1S/C16H24N2O2/c1-2-13-6-8-14(9-7-13)17-16(20)12-18(10-11-19)15-4-3-5-15/h6-9,15,19H,2-5,10-12H2,1H3,(H,17,20). The molecule has 0 bridgehead atoms. The zero-order valence-corrected chi connectivity index (χ0v) is 12.1. The summed E-state index contributed by atoms with van der Waals surface area (Å²) in [5, 5.41) is 12.0. The van der Waals surface area contributed by atoms with E-state index in [0.29, 0.717) is 19.1 Å². The summed E-state index contributed by atoms with van der Waals surface area (Å²) in [5.74, 6) is -0.00500. The Morgan fingerprint density at radius 1 is 1.35 bits per heavy atom. The Kier molecular flexibility index (Phi) is 5.56. The van der Waals surface area contributed by atoms with Gasteiger partial charge in [0.15, 0.2) is 0 Å². The second-order valence-electron chi connectivity index (χ2n) is 5.38. The van der Waals surface area contributed by atoms with E-state index in [0.717, 1.165) is 24.9 Å². The SMILES string of the molecule is CCc1ccc(NC(=O)CN(CCO)C2CCC2)cc1. The van der Waals surface area contributed by atoms with Crippen LogP contribution in [0.3, 0.4) is 0 Å². The van der Waals surface area contributed by atoms with Gasteiger partial charge in [-0.3, -0.25) is 9.69 Å². The Labute approximate surface area is 120 Å². The van der Waals surface area contributed by atoms with Crippen molar-refractivity contribution in [1.82, 2.24) is 4.90 Å². The fourth-order valence-electron chi connectivity index (χ4n) is 2.48. The molecule has 110 valence electrons. The van der Waals surface area contributed by atoms with Gasteiger partial charge in [0.2, 0.25) is 5.91 Å². The molecule has 0 saturated heterocycles. The number of aryl methyl sites for hydroxylation is 1. The molecule has 4 heteroatoms. The van der Waals surface area contributed by atoms with E-state index < -0.39 is 0 Å². The van der Waals surface area contributed by atoms with Gasteiger partial charge in [-0.2, -0.15) is 0 Å². The lowest BCUT2D eigenvalue weighted by atomic mass is 9.91.